The van der Waals surface area contributed by atoms with Crippen LogP contribution in [0.4, 0.5) is 5.82 Å². The molecule has 3 aromatic rings. The molecule has 0 aliphatic carbocycles. The number of rotatable bonds is 3. The Balaban J connectivity index is 2.12. The van der Waals surface area contributed by atoms with Crippen molar-refractivity contribution in [3.63, 3.8) is 0 Å². The molecule has 1 N–H and O–H groups in total. The van der Waals surface area contributed by atoms with Crippen LogP contribution in [0, 0.1) is 0 Å². The van der Waals surface area contributed by atoms with E-state index in [1.807, 2.05) is 28.9 Å². The molecular formula is C14H14BrN5. The first-order valence-corrected chi connectivity index (χ1v) is 7.15. The summed E-state index contributed by atoms with van der Waals surface area (Å²) in [6, 6.07) is 8.26. The van der Waals surface area contributed by atoms with E-state index in [4.69, 9.17) is 0 Å². The highest BCUT2D eigenvalue weighted by molar-refractivity contribution is 9.10. The van der Waals surface area contributed by atoms with Crippen LogP contribution in [0.15, 0.2) is 41.3 Å². The first-order valence-electron chi connectivity index (χ1n) is 6.36. The van der Waals surface area contributed by atoms with E-state index >= 15 is 0 Å². The van der Waals surface area contributed by atoms with Gasteiger partial charge in [0.2, 0.25) is 0 Å². The van der Waals surface area contributed by atoms with E-state index < -0.39 is 0 Å². The summed E-state index contributed by atoms with van der Waals surface area (Å²) in [7, 11) is 0. The van der Waals surface area contributed by atoms with Crippen LogP contribution in [0.2, 0.25) is 0 Å². The number of nitrogens with one attached hydrogen (secondary N) is 1. The Kier molecular flexibility index (Phi) is 3.40. The van der Waals surface area contributed by atoms with E-state index in [1.165, 1.54) is 0 Å². The first-order chi connectivity index (χ1) is 9.65. The molecule has 0 saturated carbocycles. The van der Waals surface area contributed by atoms with Crippen LogP contribution in [0.5, 0.6) is 0 Å². The molecule has 5 nitrogen and oxygen atoms in total. The Morgan fingerprint density at radius 3 is 2.60 bits per heavy atom. The molecule has 0 atom stereocenters. The number of halogens is 1. The van der Waals surface area contributed by atoms with Gasteiger partial charge in [0.15, 0.2) is 5.65 Å². The second kappa shape index (κ2) is 5.20. The Bertz CT molecular complexity index is 733. The number of anilines is 1. The van der Waals surface area contributed by atoms with Gasteiger partial charge in [-0.15, -0.1) is 0 Å². The van der Waals surface area contributed by atoms with Crippen LogP contribution in [0.25, 0.3) is 16.7 Å². The molecule has 0 aliphatic rings. The lowest BCUT2D eigenvalue weighted by Gasteiger charge is -2.09. The zero-order valence-electron chi connectivity index (χ0n) is 11.2. The molecule has 102 valence electrons. The summed E-state index contributed by atoms with van der Waals surface area (Å²) in [5.41, 5.74) is 1.77. The summed E-state index contributed by atoms with van der Waals surface area (Å²) < 4.78 is 2.85. The molecule has 3 rings (SSSR count). The number of aromatic nitrogens is 4. The van der Waals surface area contributed by atoms with Gasteiger partial charge in [-0.1, -0.05) is 15.9 Å². The van der Waals surface area contributed by atoms with E-state index in [9.17, 15) is 0 Å². The molecular weight excluding hydrogens is 318 g/mol. The number of hydrogen-bond acceptors (Lipinski definition) is 4. The van der Waals surface area contributed by atoms with E-state index in [1.54, 1.807) is 12.5 Å². The highest BCUT2D eigenvalue weighted by Crippen LogP contribution is 2.22. The maximum atomic E-state index is 4.42. The third-order valence-corrected chi connectivity index (χ3v) is 3.39. The molecule has 0 unspecified atom stereocenters. The first kappa shape index (κ1) is 13.1. The average Bonchev–Trinajstić information content (AvgIpc) is 2.84. The van der Waals surface area contributed by atoms with Gasteiger partial charge in [-0.05, 0) is 38.1 Å². The maximum absolute atomic E-state index is 4.42. The Morgan fingerprint density at radius 1 is 1.15 bits per heavy atom. The fraction of sp³-hybridized carbons (Fsp3) is 0.214. The quantitative estimate of drug-likeness (QED) is 0.799. The van der Waals surface area contributed by atoms with Crippen LogP contribution < -0.4 is 5.32 Å². The van der Waals surface area contributed by atoms with Crippen LogP contribution in [0.3, 0.4) is 0 Å². The maximum Gasteiger partial charge on any atom is 0.168 e. The lowest BCUT2D eigenvalue weighted by molar-refractivity contribution is 0.885. The van der Waals surface area contributed by atoms with Crippen LogP contribution >= 0.6 is 15.9 Å². The van der Waals surface area contributed by atoms with Crippen LogP contribution in [-0.2, 0) is 0 Å². The van der Waals surface area contributed by atoms with E-state index in [0.717, 1.165) is 27.0 Å². The van der Waals surface area contributed by atoms with E-state index in [-0.39, 0.29) is 0 Å². The molecule has 2 heterocycles. The minimum Gasteiger partial charge on any atom is -0.367 e. The molecule has 0 bridgehead atoms. The van der Waals surface area contributed by atoms with Gasteiger partial charge in [-0.25, -0.2) is 14.6 Å². The summed E-state index contributed by atoms with van der Waals surface area (Å²) >= 11 is 3.43. The van der Waals surface area contributed by atoms with Gasteiger partial charge < -0.3 is 5.32 Å². The van der Waals surface area contributed by atoms with Crippen LogP contribution in [-0.4, -0.2) is 25.8 Å². The van der Waals surface area contributed by atoms with Gasteiger partial charge in [0.25, 0.3) is 0 Å². The Labute approximate surface area is 125 Å². The Morgan fingerprint density at radius 2 is 1.90 bits per heavy atom. The SMILES string of the molecule is CC(C)Nc1ncnc2c1cnn2-c1ccc(Br)cc1. The topological polar surface area (TPSA) is 55.6 Å². The van der Waals surface area contributed by atoms with Crippen molar-refractivity contribution in [3.8, 4) is 5.69 Å². The second-order valence-electron chi connectivity index (χ2n) is 4.79. The van der Waals surface area contributed by atoms with Crippen molar-refractivity contribution < 1.29 is 0 Å². The van der Waals surface area contributed by atoms with Crippen molar-refractivity contribution in [1.29, 1.82) is 0 Å². The van der Waals surface area contributed by atoms with Crippen LogP contribution in [0.1, 0.15) is 13.8 Å². The van der Waals surface area contributed by atoms with Crippen molar-refractivity contribution >= 4 is 32.8 Å². The molecule has 0 radical (unpaired) electrons. The highest BCUT2D eigenvalue weighted by atomic mass is 79.9. The molecule has 6 heteroatoms. The predicted molar refractivity (Wildman–Crippen MR) is 83.1 cm³/mol. The highest BCUT2D eigenvalue weighted by Gasteiger charge is 2.11. The molecule has 0 saturated heterocycles. The van der Waals surface area contributed by atoms with Gasteiger partial charge >= 0.3 is 0 Å². The molecule has 1 aromatic carbocycles. The predicted octanol–water partition coefficient (Wildman–Crippen LogP) is 3.40. The second-order valence-corrected chi connectivity index (χ2v) is 5.71. The van der Waals surface area contributed by atoms with Gasteiger partial charge in [0.1, 0.15) is 12.1 Å². The van der Waals surface area contributed by atoms with Crippen molar-refractivity contribution in [2.75, 3.05) is 5.32 Å². The third-order valence-electron chi connectivity index (χ3n) is 2.86. The Hall–Kier alpha value is -1.95. The van der Waals surface area contributed by atoms with E-state index in [2.05, 4.69) is 50.2 Å². The zero-order chi connectivity index (χ0) is 14.1. The number of fused-ring (bicyclic) bond motifs is 1. The van der Waals surface area contributed by atoms with Gasteiger partial charge in [0.05, 0.1) is 17.3 Å². The number of benzene rings is 1. The third kappa shape index (κ3) is 2.38. The van der Waals surface area contributed by atoms with Crippen molar-refractivity contribution in [2.24, 2.45) is 0 Å². The minimum absolute atomic E-state index is 0.309. The lowest BCUT2D eigenvalue weighted by atomic mass is 10.3. The molecule has 2 aromatic heterocycles. The fourth-order valence-corrected chi connectivity index (χ4v) is 2.27. The molecule has 0 spiro atoms. The summed E-state index contributed by atoms with van der Waals surface area (Å²) in [4.78, 5) is 8.63. The largest absolute Gasteiger partial charge is 0.367 e. The summed E-state index contributed by atoms with van der Waals surface area (Å²) in [6.45, 7) is 4.15. The van der Waals surface area contributed by atoms with Crippen molar-refractivity contribution in [1.82, 2.24) is 19.7 Å². The zero-order valence-corrected chi connectivity index (χ0v) is 12.8. The standard InChI is InChI=1S/C14H14BrN5/c1-9(2)19-13-12-7-18-20(14(12)17-8-16-13)11-5-3-10(15)4-6-11/h3-9H,1-2H3,(H,16,17,19). The average molecular weight is 332 g/mol. The monoisotopic (exact) mass is 331 g/mol. The molecule has 0 aliphatic heterocycles. The van der Waals surface area contributed by atoms with Gasteiger partial charge in [-0.3, -0.25) is 0 Å². The molecule has 0 amide bonds. The smallest absolute Gasteiger partial charge is 0.168 e. The van der Waals surface area contributed by atoms with Crippen molar-refractivity contribution in [3.05, 3.63) is 41.3 Å². The molecule has 20 heavy (non-hydrogen) atoms. The number of hydrogen-bond donors (Lipinski definition) is 1. The van der Waals surface area contributed by atoms with E-state index in [0.29, 0.717) is 6.04 Å². The van der Waals surface area contributed by atoms with Gasteiger partial charge in [0, 0.05) is 10.5 Å². The van der Waals surface area contributed by atoms with Gasteiger partial charge in [-0.2, -0.15) is 5.10 Å². The normalized spacial score (nSPS) is 11.2. The summed E-state index contributed by atoms with van der Waals surface area (Å²) in [5.74, 6) is 0.813. The minimum atomic E-state index is 0.309. The number of nitrogens with zero attached hydrogens (tertiary/aromatic N) is 4. The van der Waals surface area contributed by atoms with Crippen molar-refractivity contribution in [2.45, 2.75) is 19.9 Å². The fourth-order valence-electron chi connectivity index (χ4n) is 2.00. The lowest BCUT2D eigenvalue weighted by Crippen LogP contribution is -2.11. The summed E-state index contributed by atoms with van der Waals surface area (Å²) in [6.07, 6.45) is 3.35. The molecule has 0 fully saturated rings. The summed E-state index contributed by atoms with van der Waals surface area (Å²) in [5, 5.41) is 8.65.